The zero-order valence-corrected chi connectivity index (χ0v) is 12.8. The van der Waals surface area contributed by atoms with Gasteiger partial charge in [0.1, 0.15) is 23.9 Å². The molecule has 1 aromatic carbocycles. The molecular formula is C14H13N5O2S. The molecule has 7 nitrogen and oxygen atoms in total. The number of nitrogens with one attached hydrogen (secondary N) is 2. The minimum atomic E-state index is -3.67. The highest BCUT2D eigenvalue weighted by Crippen LogP contribution is 2.18. The molecule has 0 bridgehead atoms. The third-order valence-corrected chi connectivity index (χ3v) is 4.05. The number of allylic oxidation sites excluding steroid dienone is 2. The maximum atomic E-state index is 12.1. The third-order valence-electron chi connectivity index (χ3n) is 2.39. The highest BCUT2D eigenvalue weighted by molar-refractivity contribution is 7.89. The number of sulfonamides is 1. The van der Waals surface area contributed by atoms with Gasteiger partial charge in [-0.25, -0.2) is 13.1 Å². The van der Waals surface area contributed by atoms with Crippen molar-refractivity contribution in [2.75, 3.05) is 5.32 Å². The Bertz CT molecular complexity index is 804. The normalized spacial score (nSPS) is 10.2. The molecule has 0 unspecified atom stereocenters. The Labute approximate surface area is 129 Å². The van der Waals surface area contributed by atoms with E-state index >= 15 is 0 Å². The molecular weight excluding hydrogens is 302 g/mol. The van der Waals surface area contributed by atoms with E-state index in [-0.39, 0.29) is 27.9 Å². The van der Waals surface area contributed by atoms with Gasteiger partial charge in [-0.1, -0.05) is 6.07 Å². The quantitative estimate of drug-likeness (QED) is 0.794. The van der Waals surface area contributed by atoms with Crippen LogP contribution >= 0.6 is 0 Å². The van der Waals surface area contributed by atoms with Crippen molar-refractivity contribution >= 4 is 15.7 Å². The van der Waals surface area contributed by atoms with Crippen molar-refractivity contribution in [3.63, 3.8) is 0 Å². The molecule has 112 valence electrons. The van der Waals surface area contributed by atoms with Gasteiger partial charge in [0.2, 0.25) is 10.0 Å². The van der Waals surface area contributed by atoms with Crippen molar-refractivity contribution in [1.82, 2.24) is 4.72 Å². The fourth-order valence-electron chi connectivity index (χ4n) is 1.55. The Morgan fingerprint density at radius 3 is 2.27 bits per heavy atom. The molecule has 1 aromatic rings. The predicted octanol–water partition coefficient (Wildman–Crippen LogP) is 1.61. The van der Waals surface area contributed by atoms with Gasteiger partial charge in [0.25, 0.3) is 0 Å². The summed E-state index contributed by atoms with van der Waals surface area (Å²) in [7, 11) is -3.67. The molecule has 0 heterocycles. The standard InChI is InChI=1S/C14H13N5O2S/c1-10(2)19-22(20,21)13-5-3-4-12(6-13)18-14(9-17)11(7-15)8-16/h3-6,10,18-19H,1-2H3. The van der Waals surface area contributed by atoms with Gasteiger partial charge in [-0.05, 0) is 32.0 Å². The Balaban J connectivity index is 3.20. The predicted molar refractivity (Wildman–Crippen MR) is 79.4 cm³/mol. The summed E-state index contributed by atoms with van der Waals surface area (Å²) >= 11 is 0. The van der Waals surface area contributed by atoms with Gasteiger partial charge >= 0.3 is 0 Å². The van der Waals surface area contributed by atoms with Crippen LogP contribution in [0, 0.1) is 34.0 Å². The molecule has 2 N–H and O–H groups in total. The van der Waals surface area contributed by atoms with Crippen LogP contribution in [-0.2, 0) is 10.0 Å². The topological polar surface area (TPSA) is 130 Å². The second-order valence-electron chi connectivity index (χ2n) is 4.51. The van der Waals surface area contributed by atoms with Crippen molar-refractivity contribution in [3.05, 3.63) is 35.5 Å². The third kappa shape index (κ3) is 4.32. The summed E-state index contributed by atoms with van der Waals surface area (Å²) in [6, 6.07) is 10.4. The highest BCUT2D eigenvalue weighted by atomic mass is 32.2. The van der Waals surface area contributed by atoms with Crippen molar-refractivity contribution in [2.45, 2.75) is 24.8 Å². The molecule has 22 heavy (non-hydrogen) atoms. The molecule has 0 aromatic heterocycles. The van der Waals surface area contributed by atoms with E-state index in [4.69, 9.17) is 15.8 Å². The number of nitriles is 3. The number of anilines is 1. The van der Waals surface area contributed by atoms with Crippen molar-refractivity contribution in [2.24, 2.45) is 0 Å². The monoisotopic (exact) mass is 315 g/mol. The molecule has 1 rings (SSSR count). The van der Waals surface area contributed by atoms with Crippen LogP contribution in [0.1, 0.15) is 13.8 Å². The van der Waals surface area contributed by atoms with Crippen LogP contribution in [-0.4, -0.2) is 14.5 Å². The first kappa shape index (κ1) is 17.2. The average Bonchev–Trinajstić information content (AvgIpc) is 2.46. The maximum absolute atomic E-state index is 12.1. The van der Waals surface area contributed by atoms with Crippen LogP contribution in [0.4, 0.5) is 5.69 Å². The number of hydrogen-bond donors (Lipinski definition) is 2. The molecule has 0 atom stereocenters. The van der Waals surface area contributed by atoms with Gasteiger partial charge < -0.3 is 5.32 Å². The van der Waals surface area contributed by atoms with E-state index in [0.717, 1.165) is 0 Å². The minimum Gasteiger partial charge on any atom is -0.345 e. The van der Waals surface area contributed by atoms with Gasteiger partial charge in [0.15, 0.2) is 5.57 Å². The molecule has 0 saturated carbocycles. The van der Waals surface area contributed by atoms with Crippen LogP contribution in [0.25, 0.3) is 0 Å². The van der Waals surface area contributed by atoms with Crippen LogP contribution < -0.4 is 10.0 Å². The van der Waals surface area contributed by atoms with Crippen LogP contribution in [0.5, 0.6) is 0 Å². The Hall–Kier alpha value is -2.86. The van der Waals surface area contributed by atoms with Crippen molar-refractivity contribution in [1.29, 1.82) is 15.8 Å². The number of rotatable bonds is 5. The van der Waals surface area contributed by atoms with E-state index in [1.165, 1.54) is 24.3 Å². The summed E-state index contributed by atoms with van der Waals surface area (Å²) < 4.78 is 26.6. The smallest absolute Gasteiger partial charge is 0.240 e. The Morgan fingerprint density at radius 2 is 1.77 bits per heavy atom. The summed E-state index contributed by atoms with van der Waals surface area (Å²) in [6.07, 6.45) is 0. The van der Waals surface area contributed by atoms with E-state index in [9.17, 15) is 8.42 Å². The van der Waals surface area contributed by atoms with Crippen molar-refractivity contribution in [3.8, 4) is 18.2 Å². The van der Waals surface area contributed by atoms with E-state index in [0.29, 0.717) is 0 Å². The summed E-state index contributed by atoms with van der Waals surface area (Å²) in [5.74, 6) is 0. The lowest BCUT2D eigenvalue weighted by Gasteiger charge is -2.11. The zero-order valence-electron chi connectivity index (χ0n) is 12.0. The van der Waals surface area contributed by atoms with Gasteiger partial charge in [-0.3, -0.25) is 0 Å². The Kier molecular flexibility index (Phi) is 5.65. The lowest BCUT2D eigenvalue weighted by Crippen LogP contribution is -2.30. The molecule has 0 radical (unpaired) electrons. The summed E-state index contributed by atoms with van der Waals surface area (Å²) in [4.78, 5) is 0.0129. The van der Waals surface area contributed by atoms with Crippen LogP contribution in [0.2, 0.25) is 0 Å². The number of benzene rings is 1. The first-order chi connectivity index (χ1) is 10.3. The maximum Gasteiger partial charge on any atom is 0.240 e. The molecule has 0 aliphatic carbocycles. The van der Waals surface area contributed by atoms with Gasteiger partial charge in [-0.15, -0.1) is 0 Å². The average molecular weight is 315 g/mol. The van der Waals surface area contributed by atoms with E-state index < -0.39 is 10.0 Å². The highest BCUT2D eigenvalue weighted by Gasteiger charge is 2.16. The molecule has 8 heteroatoms. The fourth-order valence-corrected chi connectivity index (χ4v) is 2.84. The molecule has 0 fully saturated rings. The molecule has 0 aliphatic heterocycles. The lowest BCUT2D eigenvalue weighted by atomic mass is 10.2. The molecule has 0 saturated heterocycles. The van der Waals surface area contributed by atoms with Crippen molar-refractivity contribution < 1.29 is 8.42 Å². The van der Waals surface area contributed by atoms with Gasteiger partial charge in [0.05, 0.1) is 4.90 Å². The molecule has 0 aliphatic rings. The second-order valence-corrected chi connectivity index (χ2v) is 6.23. The SMILES string of the molecule is CC(C)NS(=O)(=O)c1cccc(NC(C#N)=C(C#N)C#N)c1. The zero-order chi connectivity index (χ0) is 16.8. The number of nitrogens with zero attached hydrogens (tertiary/aromatic N) is 3. The summed E-state index contributed by atoms with van der Waals surface area (Å²) in [6.45, 7) is 3.39. The summed E-state index contributed by atoms with van der Waals surface area (Å²) in [5.41, 5.74) is -0.335. The number of hydrogen-bond acceptors (Lipinski definition) is 6. The van der Waals surface area contributed by atoms with Gasteiger partial charge in [0, 0.05) is 11.7 Å². The van der Waals surface area contributed by atoms with Gasteiger partial charge in [-0.2, -0.15) is 15.8 Å². The first-order valence-electron chi connectivity index (χ1n) is 6.18. The van der Waals surface area contributed by atoms with E-state index in [1.807, 2.05) is 0 Å². The van der Waals surface area contributed by atoms with E-state index in [2.05, 4.69) is 10.0 Å². The second kappa shape index (κ2) is 7.24. The summed E-state index contributed by atoms with van der Waals surface area (Å²) in [5, 5.41) is 29.1. The Morgan fingerprint density at radius 1 is 1.14 bits per heavy atom. The minimum absolute atomic E-state index is 0.0129. The molecule has 0 amide bonds. The lowest BCUT2D eigenvalue weighted by molar-refractivity contribution is 0.570. The van der Waals surface area contributed by atoms with E-state index in [1.54, 1.807) is 32.1 Å². The fraction of sp³-hybridized carbons (Fsp3) is 0.214. The van der Waals surface area contributed by atoms with Crippen LogP contribution in [0.3, 0.4) is 0 Å². The molecule has 0 spiro atoms. The van der Waals surface area contributed by atoms with Crippen LogP contribution in [0.15, 0.2) is 40.4 Å². The first-order valence-corrected chi connectivity index (χ1v) is 7.66. The largest absolute Gasteiger partial charge is 0.345 e.